The lowest BCUT2D eigenvalue weighted by molar-refractivity contribution is -0.139. The molecule has 0 spiro atoms. The van der Waals surface area contributed by atoms with Crippen LogP contribution in [0, 0.1) is 0 Å². The zero-order chi connectivity index (χ0) is 15.9. The van der Waals surface area contributed by atoms with Crippen LogP contribution in [0.25, 0.3) is 11.5 Å². The maximum atomic E-state index is 13.4. The second-order valence-corrected chi connectivity index (χ2v) is 5.43. The van der Waals surface area contributed by atoms with E-state index >= 15 is 0 Å². The van der Waals surface area contributed by atoms with Gasteiger partial charge < -0.3 is 9.52 Å². The average Bonchev–Trinajstić information content (AvgIpc) is 2.90. The number of aliphatic carboxylic acids is 1. The van der Waals surface area contributed by atoms with E-state index in [1.54, 1.807) is 0 Å². The van der Waals surface area contributed by atoms with Crippen molar-refractivity contribution < 1.29 is 23.1 Å². The molecule has 1 aliphatic carbocycles. The third kappa shape index (κ3) is 2.58. The van der Waals surface area contributed by atoms with E-state index in [-0.39, 0.29) is 11.6 Å². The Kier molecular flexibility index (Phi) is 3.42. The van der Waals surface area contributed by atoms with Gasteiger partial charge in [-0.05, 0) is 25.0 Å². The summed E-state index contributed by atoms with van der Waals surface area (Å²) in [6.07, 6.45) is 3.07. The smallest absolute Gasteiger partial charge is 0.312 e. The molecule has 5 nitrogen and oxygen atoms in total. The predicted molar refractivity (Wildman–Crippen MR) is 72.6 cm³/mol. The van der Waals surface area contributed by atoms with Gasteiger partial charge >= 0.3 is 5.97 Å². The highest BCUT2D eigenvalue weighted by Gasteiger charge is 2.32. The molecule has 0 saturated heterocycles. The molecule has 116 valence electrons. The number of hydrogen-bond acceptors (Lipinski definition) is 4. The van der Waals surface area contributed by atoms with E-state index in [0.29, 0.717) is 36.3 Å². The van der Waals surface area contributed by atoms with E-state index in [0.717, 1.165) is 6.92 Å². The van der Waals surface area contributed by atoms with E-state index in [9.17, 15) is 18.7 Å². The summed E-state index contributed by atoms with van der Waals surface area (Å²) in [7, 11) is 0. The number of carboxylic acids is 1. The largest absolute Gasteiger partial charge is 0.481 e. The molecule has 1 N–H and O–H groups in total. The number of aryl methyl sites for hydroxylation is 1. The minimum atomic E-state index is -3.06. The number of hydrogen-bond donors (Lipinski definition) is 1. The zero-order valence-electron chi connectivity index (χ0n) is 11.8. The maximum Gasteiger partial charge on any atom is 0.312 e. The van der Waals surface area contributed by atoms with E-state index in [1.807, 2.05) is 0 Å². The number of alkyl halides is 2. The topological polar surface area (TPSA) is 76.2 Å². The summed E-state index contributed by atoms with van der Waals surface area (Å²) < 4.78 is 32.3. The standard InChI is InChI=1S/C15H14F2N2O3/c1-15(16,17)11-7-8(5-6-18-11)13-19-12-9(14(20)21)3-2-4-10(12)22-13/h5-7,9H,2-4H2,1H3,(H,20,21). The molecule has 1 aliphatic rings. The van der Waals surface area contributed by atoms with Gasteiger partial charge in [0, 0.05) is 25.1 Å². The number of carbonyl (C=O) groups is 1. The van der Waals surface area contributed by atoms with Crippen molar-refractivity contribution >= 4 is 5.97 Å². The van der Waals surface area contributed by atoms with Crippen molar-refractivity contribution in [3.8, 4) is 11.5 Å². The second-order valence-electron chi connectivity index (χ2n) is 5.43. The van der Waals surface area contributed by atoms with Crippen LogP contribution in [-0.2, 0) is 17.1 Å². The summed E-state index contributed by atoms with van der Waals surface area (Å²) in [5.41, 5.74) is 0.386. The van der Waals surface area contributed by atoms with Crippen molar-refractivity contribution in [1.82, 2.24) is 9.97 Å². The Balaban J connectivity index is 2.02. The molecule has 1 atom stereocenters. The molecule has 3 rings (SSSR count). The third-order valence-corrected chi connectivity index (χ3v) is 3.71. The summed E-state index contributed by atoms with van der Waals surface area (Å²) in [5.74, 6) is -4.03. The normalized spacial score (nSPS) is 18.0. The molecule has 2 aromatic heterocycles. The highest BCUT2D eigenvalue weighted by atomic mass is 19.3. The summed E-state index contributed by atoms with van der Waals surface area (Å²) in [5, 5.41) is 9.22. The summed E-state index contributed by atoms with van der Waals surface area (Å²) in [6, 6.07) is 2.73. The molecule has 0 bridgehead atoms. The Bertz CT molecular complexity index is 722. The molecule has 2 heterocycles. The highest BCUT2D eigenvalue weighted by Crippen LogP contribution is 2.35. The SMILES string of the molecule is CC(F)(F)c1cc(-c2nc3c(o2)CCCC3C(=O)O)ccn1. The van der Waals surface area contributed by atoms with Crippen molar-refractivity contribution in [3.05, 3.63) is 35.5 Å². The lowest BCUT2D eigenvalue weighted by atomic mass is 9.91. The Morgan fingerprint density at radius 3 is 2.95 bits per heavy atom. The van der Waals surface area contributed by atoms with Crippen molar-refractivity contribution in [3.63, 3.8) is 0 Å². The van der Waals surface area contributed by atoms with Crippen molar-refractivity contribution in [2.75, 3.05) is 0 Å². The van der Waals surface area contributed by atoms with Crippen LogP contribution in [0.4, 0.5) is 8.78 Å². The van der Waals surface area contributed by atoms with Crippen molar-refractivity contribution in [2.24, 2.45) is 0 Å². The minimum Gasteiger partial charge on any atom is -0.481 e. The average molecular weight is 308 g/mol. The predicted octanol–water partition coefficient (Wildman–Crippen LogP) is 3.35. The molecule has 2 aromatic rings. The van der Waals surface area contributed by atoms with Crippen molar-refractivity contribution in [2.45, 2.75) is 38.0 Å². The molecular weight excluding hydrogens is 294 g/mol. The number of pyridine rings is 1. The summed E-state index contributed by atoms with van der Waals surface area (Å²) in [4.78, 5) is 19.1. The van der Waals surface area contributed by atoms with Crippen LogP contribution >= 0.6 is 0 Å². The summed E-state index contributed by atoms with van der Waals surface area (Å²) in [6.45, 7) is 0.764. The lowest BCUT2D eigenvalue weighted by Crippen LogP contribution is -2.17. The van der Waals surface area contributed by atoms with Gasteiger partial charge in [-0.25, -0.2) is 4.98 Å². The lowest BCUT2D eigenvalue weighted by Gasteiger charge is -2.15. The number of oxazole rings is 1. The number of fused-ring (bicyclic) bond motifs is 1. The molecule has 22 heavy (non-hydrogen) atoms. The van der Waals surface area contributed by atoms with E-state index < -0.39 is 17.8 Å². The first-order chi connectivity index (χ1) is 10.4. The van der Waals surface area contributed by atoms with Crippen LogP contribution in [0.1, 0.15) is 42.8 Å². The van der Waals surface area contributed by atoms with Gasteiger partial charge in [0.25, 0.3) is 5.92 Å². The number of halogens is 2. The van der Waals surface area contributed by atoms with E-state index in [1.165, 1.54) is 18.3 Å². The van der Waals surface area contributed by atoms with Gasteiger partial charge in [-0.1, -0.05) is 0 Å². The van der Waals surface area contributed by atoms with Crippen LogP contribution in [0.3, 0.4) is 0 Å². The number of nitrogens with zero attached hydrogens (tertiary/aromatic N) is 2. The Morgan fingerprint density at radius 1 is 1.50 bits per heavy atom. The monoisotopic (exact) mass is 308 g/mol. The molecule has 1 unspecified atom stereocenters. The molecule has 0 aliphatic heterocycles. The van der Waals surface area contributed by atoms with Gasteiger partial charge in [0.15, 0.2) is 0 Å². The van der Waals surface area contributed by atoms with Crippen LogP contribution in [0.2, 0.25) is 0 Å². The Morgan fingerprint density at radius 2 is 2.27 bits per heavy atom. The fourth-order valence-electron chi connectivity index (χ4n) is 2.59. The maximum absolute atomic E-state index is 13.4. The molecule has 0 radical (unpaired) electrons. The quantitative estimate of drug-likeness (QED) is 0.941. The zero-order valence-corrected chi connectivity index (χ0v) is 11.8. The van der Waals surface area contributed by atoms with Crippen LogP contribution < -0.4 is 0 Å². The molecule has 7 heteroatoms. The first kappa shape index (κ1) is 14.6. The second kappa shape index (κ2) is 5.15. The highest BCUT2D eigenvalue weighted by molar-refractivity contribution is 5.76. The Hall–Kier alpha value is -2.31. The van der Waals surface area contributed by atoms with Crippen LogP contribution in [0.15, 0.2) is 22.7 Å². The van der Waals surface area contributed by atoms with E-state index in [4.69, 9.17) is 4.42 Å². The minimum absolute atomic E-state index is 0.158. The molecule has 0 saturated carbocycles. The fraction of sp³-hybridized carbons (Fsp3) is 0.400. The van der Waals surface area contributed by atoms with Crippen molar-refractivity contribution in [1.29, 1.82) is 0 Å². The molecular formula is C15H14F2N2O3. The van der Waals surface area contributed by atoms with E-state index in [2.05, 4.69) is 9.97 Å². The molecule has 0 aromatic carbocycles. The van der Waals surface area contributed by atoms with Gasteiger partial charge in [-0.15, -0.1) is 0 Å². The number of aromatic nitrogens is 2. The summed E-state index contributed by atoms with van der Waals surface area (Å²) >= 11 is 0. The van der Waals surface area contributed by atoms with Crippen LogP contribution in [0.5, 0.6) is 0 Å². The van der Waals surface area contributed by atoms with Gasteiger partial charge in [-0.3, -0.25) is 9.78 Å². The van der Waals surface area contributed by atoms with Gasteiger partial charge in [-0.2, -0.15) is 8.78 Å². The number of carboxylic acid groups (broad SMARTS) is 1. The first-order valence-electron chi connectivity index (χ1n) is 6.93. The third-order valence-electron chi connectivity index (χ3n) is 3.71. The molecule has 0 amide bonds. The van der Waals surface area contributed by atoms with Crippen LogP contribution in [-0.4, -0.2) is 21.0 Å². The van der Waals surface area contributed by atoms with Gasteiger partial charge in [0.1, 0.15) is 17.4 Å². The Labute approximate surface area is 125 Å². The molecule has 0 fully saturated rings. The van der Waals surface area contributed by atoms with Gasteiger partial charge in [0.05, 0.1) is 5.69 Å². The van der Waals surface area contributed by atoms with Gasteiger partial charge in [0.2, 0.25) is 5.89 Å². The number of rotatable bonds is 3. The fourth-order valence-corrected chi connectivity index (χ4v) is 2.59. The first-order valence-corrected chi connectivity index (χ1v) is 6.93.